The topological polar surface area (TPSA) is 54.4 Å². The summed E-state index contributed by atoms with van der Waals surface area (Å²) >= 11 is 0. The third-order valence-corrected chi connectivity index (χ3v) is 5.28. The van der Waals surface area contributed by atoms with Crippen molar-refractivity contribution in [2.24, 2.45) is 10.5 Å². The van der Waals surface area contributed by atoms with E-state index in [4.69, 9.17) is 0 Å². The number of allylic oxidation sites excluding steroid dienone is 10. The Morgan fingerprint density at radius 3 is 2.67 bits per heavy atom. The number of nitrogens with one attached hydrogen (secondary N) is 1. The lowest BCUT2D eigenvalue weighted by Crippen LogP contribution is -2.19. The number of hydrogen-bond donors (Lipinski definition) is 1. The lowest BCUT2D eigenvalue weighted by molar-refractivity contribution is 0.0955. The number of amides is 1. The number of nitrogens with zero attached hydrogens (tertiary/aromatic N) is 2. The van der Waals surface area contributed by atoms with Crippen LogP contribution < -0.4 is 5.43 Å². The summed E-state index contributed by atoms with van der Waals surface area (Å²) in [6.45, 7) is 11.0. The van der Waals surface area contributed by atoms with Crippen molar-refractivity contribution in [3.8, 4) is 0 Å². The predicted octanol–water partition coefficient (Wildman–Crippen LogP) is 6.33. The molecule has 0 saturated heterocycles. The van der Waals surface area contributed by atoms with Crippen LogP contribution in [0.25, 0.3) is 0 Å². The van der Waals surface area contributed by atoms with Gasteiger partial charge in [-0.05, 0) is 74.8 Å². The van der Waals surface area contributed by atoms with E-state index in [2.05, 4.69) is 61.4 Å². The van der Waals surface area contributed by atoms with Gasteiger partial charge in [0.2, 0.25) is 0 Å². The maximum atomic E-state index is 11.9. The van der Waals surface area contributed by atoms with E-state index in [9.17, 15) is 4.79 Å². The molecule has 0 bridgehead atoms. The van der Waals surface area contributed by atoms with Gasteiger partial charge in [-0.3, -0.25) is 9.78 Å². The van der Waals surface area contributed by atoms with E-state index in [1.807, 2.05) is 25.2 Å². The highest BCUT2D eigenvalue weighted by Crippen LogP contribution is 2.40. The van der Waals surface area contributed by atoms with Crippen LogP contribution in [0.4, 0.5) is 0 Å². The summed E-state index contributed by atoms with van der Waals surface area (Å²) < 4.78 is 0. The fourth-order valence-corrected chi connectivity index (χ4v) is 3.50. The average molecular weight is 404 g/mol. The Kier molecular flexibility index (Phi) is 8.72. The molecule has 4 nitrogen and oxygen atoms in total. The fourth-order valence-electron chi connectivity index (χ4n) is 3.50. The zero-order valence-electron chi connectivity index (χ0n) is 18.8. The van der Waals surface area contributed by atoms with Crippen molar-refractivity contribution < 1.29 is 4.79 Å². The summed E-state index contributed by atoms with van der Waals surface area (Å²) in [4.78, 5) is 15.8. The maximum Gasteiger partial charge on any atom is 0.272 e. The molecule has 1 amide bonds. The first-order valence-electron chi connectivity index (χ1n) is 10.4. The fraction of sp³-hybridized carbons (Fsp3) is 0.346. The highest BCUT2D eigenvalue weighted by atomic mass is 16.2. The molecule has 0 atom stereocenters. The molecule has 0 aromatic carbocycles. The Morgan fingerprint density at radius 1 is 1.20 bits per heavy atom. The number of carbonyl (C=O) groups excluding carboxylic acids is 1. The van der Waals surface area contributed by atoms with Gasteiger partial charge in [0.1, 0.15) is 0 Å². The molecule has 0 unspecified atom stereocenters. The lowest BCUT2D eigenvalue weighted by atomic mass is 9.72. The Morgan fingerprint density at radius 2 is 1.97 bits per heavy atom. The van der Waals surface area contributed by atoms with Crippen LogP contribution in [0.2, 0.25) is 0 Å². The summed E-state index contributed by atoms with van der Waals surface area (Å²) in [5.41, 5.74) is 8.46. The number of hydrogen-bond acceptors (Lipinski definition) is 3. The predicted molar refractivity (Wildman–Crippen MR) is 126 cm³/mol. The maximum absolute atomic E-state index is 11.9. The Bertz CT molecular complexity index is 913. The molecule has 4 heteroatoms. The van der Waals surface area contributed by atoms with Crippen LogP contribution in [0.1, 0.15) is 64.2 Å². The van der Waals surface area contributed by atoms with Crippen LogP contribution in [-0.4, -0.2) is 17.1 Å². The monoisotopic (exact) mass is 403 g/mol. The molecule has 1 N–H and O–H groups in total. The second kappa shape index (κ2) is 11.2. The second-order valence-electron chi connectivity index (χ2n) is 8.41. The van der Waals surface area contributed by atoms with Gasteiger partial charge in [0.25, 0.3) is 5.91 Å². The first kappa shape index (κ1) is 23.3. The van der Waals surface area contributed by atoms with Gasteiger partial charge < -0.3 is 0 Å². The number of aromatic nitrogens is 1. The van der Waals surface area contributed by atoms with Crippen molar-refractivity contribution in [1.29, 1.82) is 0 Å². The molecule has 0 aliphatic heterocycles. The van der Waals surface area contributed by atoms with Crippen LogP contribution >= 0.6 is 0 Å². The molecule has 0 fully saturated rings. The van der Waals surface area contributed by atoms with E-state index in [1.165, 1.54) is 42.2 Å². The van der Waals surface area contributed by atoms with E-state index in [1.54, 1.807) is 24.5 Å². The standard InChI is InChI=1S/C26H33N3O/c1-20(13-14-24-22(3)11-7-16-26(24,4)5)9-6-10-21(2)15-18-28-29-25(30)23-12-8-17-27-19-23/h6,8-10,12-15,17-19H,7,11,16H2,1-5H3,(H,29,30)/b10-6+,14-13-,20-9+,21-15+,28-18+. The van der Waals surface area contributed by atoms with Crippen molar-refractivity contribution in [3.63, 3.8) is 0 Å². The summed E-state index contributed by atoms with van der Waals surface area (Å²) in [6, 6.07) is 3.41. The molecular formula is C26H33N3O. The van der Waals surface area contributed by atoms with Gasteiger partial charge in [-0.15, -0.1) is 0 Å². The van der Waals surface area contributed by atoms with Crippen molar-refractivity contribution in [2.75, 3.05) is 0 Å². The number of hydrazone groups is 1. The van der Waals surface area contributed by atoms with Crippen LogP contribution in [0.3, 0.4) is 0 Å². The number of rotatable bonds is 7. The highest BCUT2D eigenvalue weighted by Gasteiger charge is 2.26. The third kappa shape index (κ3) is 7.43. The summed E-state index contributed by atoms with van der Waals surface area (Å²) in [7, 11) is 0. The van der Waals surface area contributed by atoms with Gasteiger partial charge in [0.15, 0.2) is 0 Å². The SMILES string of the molecule is CC1=C(\C=C/C(C)=C/C=C/C(C)=C/C=N/NC(=O)c2cccnc2)C(C)(C)CCC1. The van der Waals surface area contributed by atoms with Crippen molar-refractivity contribution >= 4 is 12.1 Å². The first-order chi connectivity index (χ1) is 14.3. The third-order valence-electron chi connectivity index (χ3n) is 5.28. The summed E-state index contributed by atoms with van der Waals surface area (Å²) in [6.07, 6.45) is 20.9. The van der Waals surface area contributed by atoms with Gasteiger partial charge in [0, 0.05) is 18.6 Å². The molecule has 0 radical (unpaired) electrons. The Balaban J connectivity index is 1.88. The minimum Gasteiger partial charge on any atom is -0.267 e. The molecular weight excluding hydrogens is 370 g/mol. The summed E-state index contributed by atoms with van der Waals surface area (Å²) in [5, 5.41) is 3.94. The Labute approximate surface area is 180 Å². The largest absolute Gasteiger partial charge is 0.272 e. The molecule has 0 saturated carbocycles. The van der Waals surface area contributed by atoms with E-state index in [-0.39, 0.29) is 11.3 Å². The molecule has 30 heavy (non-hydrogen) atoms. The quantitative estimate of drug-likeness (QED) is 0.329. The van der Waals surface area contributed by atoms with Crippen LogP contribution in [-0.2, 0) is 0 Å². The van der Waals surface area contributed by atoms with E-state index in [0.29, 0.717) is 5.56 Å². The zero-order valence-corrected chi connectivity index (χ0v) is 18.8. The zero-order chi connectivity index (χ0) is 22.0. The van der Waals surface area contributed by atoms with E-state index in [0.717, 1.165) is 5.57 Å². The number of carbonyl (C=O) groups is 1. The van der Waals surface area contributed by atoms with Crippen molar-refractivity contribution in [2.45, 2.75) is 53.9 Å². The molecule has 2 rings (SSSR count). The minimum atomic E-state index is -0.280. The molecule has 1 heterocycles. The molecule has 1 aliphatic rings. The molecule has 1 aliphatic carbocycles. The number of pyridine rings is 1. The van der Waals surface area contributed by atoms with Crippen molar-refractivity contribution in [1.82, 2.24) is 10.4 Å². The molecule has 0 spiro atoms. The van der Waals surface area contributed by atoms with Gasteiger partial charge in [0.05, 0.1) is 5.56 Å². The molecule has 1 aromatic heterocycles. The van der Waals surface area contributed by atoms with Gasteiger partial charge >= 0.3 is 0 Å². The average Bonchev–Trinajstić information content (AvgIpc) is 2.71. The van der Waals surface area contributed by atoms with E-state index >= 15 is 0 Å². The Hall–Kier alpha value is -3.01. The van der Waals surface area contributed by atoms with Gasteiger partial charge in [-0.25, -0.2) is 5.43 Å². The van der Waals surface area contributed by atoms with Gasteiger partial charge in [-0.1, -0.05) is 55.4 Å². The minimum absolute atomic E-state index is 0.264. The highest BCUT2D eigenvalue weighted by molar-refractivity contribution is 5.94. The normalized spacial score (nSPS) is 18.0. The van der Waals surface area contributed by atoms with E-state index < -0.39 is 0 Å². The van der Waals surface area contributed by atoms with Gasteiger partial charge in [-0.2, -0.15) is 5.10 Å². The molecule has 1 aromatic rings. The summed E-state index contributed by atoms with van der Waals surface area (Å²) in [5.74, 6) is -0.280. The van der Waals surface area contributed by atoms with Crippen LogP contribution in [0, 0.1) is 5.41 Å². The lowest BCUT2D eigenvalue weighted by Gasteiger charge is -2.32. The smallest absolute Gasteiger partial charge is 0.267 e. The first-order valence-corrected chi connectivity index (χ1v) is 10.4. The van der Waals surface area contributed by atoms with Crippen LogP contribution in [0.15, 0.2) is 88.4 Å². The second-order valence-corrected chi connectivity index (χ2v) is 8.41. The van der Waals surface area contributed by atoms with Crippen molar-refractivity contribution in [3.05, 3.63) is 88.8 Å². The van der Waals surface area contributed by atoms with Crippen LogP contribution in [0.5, 0.6) is 0 Å². The molecule has 158 valence electrons.